The van der Waals surface area contributed by atoms with Crippen LogP contribution < -0.4 is 5.32 Å². The van der Waals surface area contributed by atoms with Gasteiger partial charge in [-0.25, -0.2) is 4.98 Å². The normalized spacial score (nSPS) is 10.9. The number of hydrogen-bond donors (Lipinski definition) is 1. The summed E-state index contributed by atoms with van der Waals surface area (Å²) in [6.45, 7) is 0. The number of Topliss-reactive ketones (excluding diaryl/α,β-unsaturated/α-hetero) is 1. The summed E-state index contributed by atoms with van der Waals surface area (Å²) in [4.78, 5) is 37.3. The van der Waals surface area contributed by atoms with E-state index in [9.17, 15) is 25.0 Å². The lowest BCUT2D eigenvalue weighted by atomic mass is 10.1. The number of benzene rings is 3. The number of carbonyl (C=O) groups excluding carboxylic acids is 1. The third-order valence-corrected chi connectivity index (χ3v) is 5.24. The van der Waals surface area contributed by atoms with E-state index in [1.807, 2.05) is 0 Å². The van der Waals surface area contributed by atoms with E-state index in [0.29, 0.717) is 33.2 Å². The number of rotatable bonds is 7. The van der Waals surface area contributed by atoms with E-state index in [4.69, 9.17) is 11.6 Å². The molecule has 1 aromatic heterocycles. The van der Waals surface area contributed by atoms with Crippen molar-refractivity contribution in [2.24, 2.45) is 0 Å². The first kappa shape index (κ1) is 21.1. The minimum atomic E-state index is -0.521. The number of nitro groups is 2. The number of anilines is 2. The van der Waals surface area contributed by atoms with Gasteiger partial charge in [0, 0.05) is 47.1 Å². The molecule has 0 aliphatic heterocycles. The standard InChI is InChI=1S/C22H15ClN4O5/c23-12-17(28)9-13-1-3-14(4-2-13)24-22-18-7-5-15(26(29)30)10-20(18)25-21-11-16(27(31)32)6-8-19(21)22/h1-8,10-11H,9,12H2,(H,24,25). The lowest BCUT2D eigenvalue weighted by Crippen LogP contribution is -2.03. The van der Waals surface area contributed by atoms with Crippen molar-refractivity contribution in [1.29, 1.82) is 0 Å². The van der Waals surface area contributed by atoms with Gasteiger partial charge < -0.3 is 5.32 Å². The quantitative estimate of drug-likeness (QED) is 0.175. The fourth-order valence-electron chi connectivity index (χ4n) is 3.41. The van der Waals surface area contributed by atoms with Gasteiger partial charge in [0.1, 0.15) is 0 Å². The number of alkyl halides is 1. The molecule has 9 nitrogen and oxygen atoms in total. The van der Waals surface area contributed by atoms with Gasteiger partial charge in [-0.2, -0.15) is 0 Å². The van der Waals surface area contributed by atoms with Crippen molar-refractivity contribution >= 4 is 61.9 Å². The largest absolute Gasteiger partial charge is 0.354 e. The van der Waals surface area contributed by atoms with Crippen LogP contribution >= 0.6 is 11.6 Å². The molecule has 1 N–H and O–H groups in total. The van der Waals surface area contributed by atoms with Crippen LogP contribution in [-0.4, -0.2) is 26.5 Å². The molecule has 4 aromatic rings. The molecule has 0 radical (unpaired) electrons. The van der Waals surface area contributed by atoms with E-state index >= 15 is 0 Å². The summed E-state index contributed by atoms with van der Waals surface area (Å²) in [5, 5.41) is 26.9. The molecule has 3 aromatic carbocycles. The topological polar surface area (TPSA) is 128 Å². The number of aromatic nitrogens is 1. The summed E-state index contributed by atoms with van der Waals surface area (Å²) in [6, 6.07) is 15.8. The second-order valence-corrected chi connectivity index (χ2v) is 7.34. The smallest absolute Gasteiger partial charge is 0.271 e. The first-order valence-corrected chi connectivity index (χ1v) is 9.99. The molecular weight excluding hydrogens is 436 g/mol. The molecule has 1 heterocycles. The number of halogens is 1. The summed E-state index contributed by atoms with van der Waals surface area (Å²) in [6.07, 6.45) is 0.234. The molecule has 32 heavy (non-hydrogen) atoms. The number of hydrogen-bond acceptors (Lipinski definition) is 7. The van der Waals surface area contributed by atoms with Crippen LogP contribution in [0, 0.1) is 20.2 Å². The zero-order valence-corrected chi connectivity index (χ0v) is 17.2. The monoisotopic (exact) mass is 450 g/mol. The van der Waals surface area contributed by atoms with E-state index in [-0.39, 0.29) is 29.5 Å². The molecule has 0 saturated carbocycles. The molecule has 160 valence electrons. The van der Waals surface area contributed by atoms with Crippen molar-refractivity contribution in [2.45, 2.75) is 6.42 Å². The molecule has 0 aliphatic rings. The first-order valence-electron chi connectivity index (χ1n) is 9.45. The molecule has 4 rings (SSSR count). The Hall–Kier alpha value is -4.11. The van der Waals surface area contributed by atoms with Crippen molar-refractivity contribution in [2.75, 3.05) is 11.2 Å². The third kappa shape index (κ3) is 4.19. The maximum absolute atomic E-state index is 11.6. The SMILES string of the molecule is O=C(CCl)Cc1ccc(Nc2c3ccc([N+](=O)[O-])cc3nc3cc([N+](=O)[O-])ccc23)cc1. The van der Waals surface area contributed by atoms with Crippen LogP contribution in [0.4, 0.5) is 22.7 Å². The van der Waals surface area contributed by atoms with Gasteiger partial charge in [0.15, 0.2) is 5.78 Å². The second kappa shape index (κ2) is 8.56. The van der Waals surface area contributed by atoms with Gasteiger partial charge in [-0.15, -0.1) is 11.6 Å². The van der Waals surface area contributed by atoms with Crippen LogP contribution in [0.3, 0.4) is 0 Å². The zero-order chi connectivity index (χ0) is 22.8. The Kier molecular flexibility index (Phi) is 5.65. The number of nitrogens with zero attached hydrogens (tertiary/aromatic N) is 3. The minimum absolute atomic E-state index is 0.0483. The van der Waals surface area contributed by atoms with Gasteiger partial charge in [-0.3, -0.25) is 25.0 Å². The van der Waals surface area contributed by atoms with Crippen LogP contribution in [0.2, 0.25) is 0 Å². The number of carbonyl (C=O) groups is 1. The number of pyridine rings is 1. The maximum atomic E-state index is 11.6. The minimum Gasteiger partial charge on any atom is -0.354 e. The maximum Gasteiger partial charge on any atom is 0.271 e. The third-order valence-electron chi connectivity index (χ3n) is 4.94. The fraction of sp³-hybridized carbons (Fsp3) is 0.0909. The summed E-state index contributed by atoms with van der Waals surface area (Å²) in [7, 11) is 0. The van der Waals surface area contributed by atoms with Gasteiger partial charge in [0.25, 0.3) is 11.4 Å². The molecule has 0 amide bonds. The van der Waals surface area contributed by atoms with Gasteiger partial charge in [0.05, 0.1) is 32.4 Å². The summed E-state index contributed by atoms with van der Waals surface area (Å²) in [5.41, 5.74) is 2.54. The Morgan fingerprint density at radius 2 is 1.41 bits per heavy atom. The highest BCUT2D eigenvalue weighted by molar-refractivity contribution is 6.27. The number of non-ortho nitro benzene ring substituents is 2. The molecule has 0 fully saturated rings. The second-order valence-electron chi connectivity index (χ2n) is 7.07. The van der Waals surface area contributed by atoms with E-state index in [0.717, 1.165) is 5.56 Å². The molecular formula is C22H15ClN4O5. The van der Waals surface area contributed by atoms with E-state index in [1.165, 1.54) is 24.3 Å². The van der Waals surface area contributed by atoms with Crippen molar-refractivity contribution in [1.82, 2.24) is 4.98 Å². The summed E-state index contributed by atoms with van der Waals surface area (Å²) < 4.78 is 0. The molecule has 10 heteroatoms. The highest BCUT2D eigenvalue weighted by Crippen LogP contribution is 2.36. The number of ketones is 1. The number of nitro benzene ring substituents is 2. The van der Waals surface area contributed by atoms with Gasteiger partial charge in [0.2, 0.25) is 0 Å². The Morgan fingerprint density at radius 3 is 1.88 bits per heavy atom. The number of nitrogens with one attached hydrogen (secondary N) is 1. The Morgan fingerprint density at radius 1 is 0.875 bits per heavy atom. The van der Waals surface area contributed by atoms with Crippen LogP contribution in [0.25, 0.3) is 21.8 Å². The van der Waals surface area contributed by atoms with Crippen LogP contribution in [0.1, 0.15) is 5.56 Å². The van der Waals surface area contributed by atoms with Gasteiger partial charge in [-0.05, 0) is 29.8 Å². The van der Waals surface area contributed by atoms with Gasteiger partial charge in [-0.1, -0.05) is 12.1 Å². The van der Waals surface area contributed by atoms with E-state index < -0.39 is 9.85 Å². The Labute approximate surface area is 185 Å². The molecule has 0 aliphatic carbocycles. The highest BCUT2D eigenvalue weighted by atomic mass is 35.5. The van der Waals surface area contributed by atoms with Crippen molar-refractivity contribution < 1.29 is 14.6 Å². The molecule has 0 saturated heterocycles. The fourth-order valence-corrected chi connectivity index (χ4v) is 3.50. The van der Waals surface area contributed by atoms with Crippen LogP contribution in [-0.2, 0) is 11.2 Å². The lowest BCUT2D eigenvalue weighted by molar-refractivity contribution is -0.384. The zero-order valence-electron chi connectivity index (χ0n) is 16.4. The Bertz CT molecular complexity index is 1320. The predicted octanol–water partition coefficient (Wildman–Crippen LogP) is 5.30. The van der Waals surface area contributed by atoms with Crippen molar-refractivity contribution in [3.05, 3.63) is 86.5 Å². The van der Waals surface area contributed by atoms with Crippen LogP contribution in [0.5, 0.6) is 0 Å². The lowest BCUT2D eigenvalue weighted by Gasteiger charge is -2.14. The number of fused-ring (bicyclic) bond motifs is 2. The summed E-state index contributed by atoms with van der Waals surface area (Å²) in [5.74, 6) is -0.130. The molecule has 0 atom stereocenters. The average Bonchev–Trinajstić information content (AvgIpc) is 2.79. The average molecular weight is 451 g/mol. The first-order chi connectivity index (χ1) is 15.4. The van der Waals surface area contributed by atoms with Crippen molar-refractivity contribution in [3.8, 4) is 0 Å². The molecule has 0 bridgehead atoms. The Balaban J connectivity index is 1.84. The molecule has 0 unspecified atom stereocenters. The summed E-state index contributed by atoms with van der Waals surface area (Å²) >= 11 is 5.56. The van der Waals surface area contributed by atoms with E-state index in [2.05, 4.69) is 10.3 Å². The predicted molar refractivity (Wildman–Crippen MR) is 122 cm³/mol. The van der Waals surface area contributed by atoms with E-state index in [1.54, 1.807) is 36.4 Å². The van der Waals surface area contributed by atoms with Crippen molar-refractivity contribution in [3.63, 3.8) is 0 Å². The van der Waals surface area contributed by atoms with Gasteiger partial charge >= 0.3 is 0 Å². The van der Waals surface area contributed by atoms with Crippen LogP contribution in [0.15, 0.2) is 60.7 Å². The molecule has 0 spiro atoms. The highest BCUT2D eigenvalue weighted by Gasteiger charge is 2.16.